The predicted octanol–water partition coefficient (Wildman–Crippen LogP) is 1.29. The van der Waals surface area contributed by atoms with Crippen molar-refractivity contribution in [2.45, 2.75) is 7.43 Å². The molecule has 0 fully saturated rings. The molecule has 0 aromatic carbocycles. The van der Waals surface area contributed by atoms with Crippen molar-refractivity contribution in [2.24, 2.45) is 0 Å². The Morgan fingerprint density at radius 2 is 0.571 bits per heavy atom. The van der Waals surface area contributed by atoms with Crippen LogP contribution in [0.25, 0.3) is 0 Å². The van der Waals surface area contributed by atoms with Gasteiger partial charge >= 0.3 is 0 Å². The third-order valence-electron chi connectivity index (χ3n) is 0. The Kier molecular flexibility index (Phi) is 185000000. The summed E-state index contributed by atoms with van der Waals surface area (Å²) < 4.78 is 0. The van der Waals surface area contributed by atoms with Crippen molar-refractivity contribution in [1.82, 2.24) is 0 Å². The van der Waals surface area contributed by atoms with Gasteiger partial charge in [-0.15, -0.1) is 12.4 Å². The van der Waals surface area contributed by atoms with Gasteiger partial charge in [0.2, 0.25) is 0 Å². The molecule has 0 aliphatic carbocycles. The molecule has 0 bridgehead atoms. The summed E-state index contributed by atoms with van der Waals surface area (Å²) in [5, 5.41) is 0. The summed E-state index contributed by atoms with van der Waals surface area (Å²) in [5.74, 6) is 0. The summed E-state index contributed by atoms with van der Waals surface area (Å²) >= 11 is 0. The molecular formula is CH9BClF4. The normalized spacial score (nSPS) is 0. The summed E-state index contributed by atoms with van der Waals surface area (Å²) in [7, 11) is 0. The van der Waals surface area contributed by atoms with Crippen LogP contribution in [0.2, 0.25) is 0 Å². The van der Waals surface area contributed by atoms with E-state index in [-0.39, 0.29) is 47.1 Å². The lowest BCUT2D eigenvalue weighted by molar-refractivity contribution is 1.11. The molecule has 0 aromatic rings. The van der Waals surface area contributed by atoms with Crippen LogP contribution in [-0.4, -0.2) is 8.41 Å². The van der Waals surface area contributed by atoms with Crippen molar-refractivity contribution in [3.63, 3.8) is 0 Å². The summed E-state index contributed by atoms with van der Waals surface area (Å²) in [4.78, 5) is 0. The Morgan fingerprint density at radius 3 is 0.571 bits per heavy atom. The smallest absolute Gasteiger partial charge is 0 e. The average Bonchev–Trinajstić information content (AvgIpc) is 0. The van der Waals surface area contributed by atoms with Crippen molar-refractivity contribution in [1.29, 1.82) is 0 Å². The molecule has 0 aliphatic heterocycles. The molecule has 7 heavy (non-hydrogen) atoms. The highest BCUT2D eigenvalue weighted by atomic mass is 35.5. The molecule has 0 amide bonds. The van der Waals surface area contributed by atoms with E-state index in [2.05, 4.69) is 0 Å². The Bertz CT molecular complexity index is 11.7. The lowest BCUT2D eigenvalue weighted by Gasteiger charge is -0.270. The SMILES string of the molecule is C.Cl.F.F.F.F.[B]. The number of hydrogen-bond donors (Lipinski definition) is 0. The molecule has 0 rings (SSSR count). The van der Waals surface area contributed by atoms with E-state index in [4.69, 9.17) is 0 Å². The number of halogens is 5. The van der Waals surface area contributed by atoms with E-state index in [1.807, 2.05) is 0 Å². The van der Waals surface area contributed by atoms with Crippen molar-refractivity contribution in [3.8, 4) is 0 Å². The van der Waals surface area contributed by atoms with Crippen LogP contribution in [0, 0.1) is 0 Å². The molecule has 0 unspecified atom stereocenters. The van der Waals surface area contributed by atoms with Gasteiger partial charge in [0.15, 0.2) is 0 Å². The first-order chi connectivity index (χ1) is 0. The van der Waals surface area contributed by atoms with E-state index in [9.17, 15) is 0 Å². The predicted molar refractivity (Wildman–Crippen MR) is 29.7 cm³/mol. The molecule has 51 valence electrons. The largest absolute Gasteiger partial charge is 0.269 e. The van der Waals surface area contributed by atoms with E-state index in [0.717, 1.165) is 0 Å². The molecule has 6 heteroatoms. The van der Waals surface area contributed by atoms with Crippen LogP contribution in [0.5, 0.6) is 0 Å². The molecule has 0 atom stereocenters. The topological polar surface area (TPSA) is 0 Å². The molecule has 0 aliphatic rings. The maximum Gasteiger partial charge on any atom is 0 e. The minimum atomic E-state index is 0. The third kappa shape index (κ3) is 18000. The summed E-state index contributed by atoms with van der Waals surface area (Å²) in [6.45, 7) is 0. The van der Waals surface area contributed by atoms with Gasteiger partial charge in [0.25, 0.3) is 0 Å². The van der Waals surface area contributed by atoms with Gasteiger partial charge in [-0.2, -0.15) is 0 Å². The van der Waals surface area contributed by atoms with E-state index < -0.39 is 0 Å². The summed E-state index contributed by atoms with van der Waals surface area (Å²) in [6.07, 6.45) is 0. The van der Waals surface area contributed by atoms with Crippen molar-refractivity contribution < 1.29 is 18.8 Å². The van der Waals surface area contributed by atoms with Crippen LogP contribution >= 0.6 is 12.4 Å². The monoisotopic (exact) mass is 143 g/mol. The highest BCUT2D eigenvalue weighted by molar-refractivity contribution is 5.85. The van der Waals surface area contributed by atoms with Crippen molar-refractivity contribution >= 4 is 20.8 Å². The van der Waals surface area contributed by atoms with Crippen LogP contribution in [0.15, 0.2) is 0 Å². The second-order valence-corrected chi connectivity index (χ2v) is 0. The summed E-state index contributed by atoms with van der Waals surface area (Å²) in [5.41, 5.74) is 0. The first kappa shape index (κ1) is 46500. The Morgan fingerprint density at radius 1 is 0.571 bits per heavy atom. The number of rotatable bonds is 0. The van der Waals surface area contributed by atoms with Crippen molar-refractivity contribution in [3.05, 3.63) is 0 Å². The van der Waals surface area contributed by atoms with Crippen LogP contribution in [0.4, 0.5) is 18.8 Å². The van der Waals surface area contributed by atoms with Gasteiger partial charge in [0.05, 0.1) is 0 Å². The van der Waals surface area contributed by atoms with Gasteiger partial charge in [-0.25, -0.2) is 0 Å². The quantitative estimate of drug-likeness (QED) is 0.354. The lowest BCUT2D eigenvalue weighted by atomic mass is 10.8. The fourth-order valence-corrected chi connectivity index (χ4v) is 0. The van der Waals surface area contributed by atoms with Crippen LogP contribution in [0.1, 0.15) is 7.43 Å². The van der Waals surface area contributed by atoms with Gasteiger partial charge in [0, 0.05) is 8.41 Å². The molecule has 3 radical (unpaired) electrons. The third-order valence-corrected chi connectivity index (χ3v) is 0. The zero-order valence-corrected chi connectivity index (χ0v) is 3.44. The van der Waals surface area contributed by atoms with Crippen LogP contribution in [0.3, 0.4) is 0 Å². The van der Waals surface area contributed by atoms with Crippen molar-refractivity contribution in [2.75, 3.05) is 0 Å². The van der Waals surface area contributed by atoms with Gasteiger partial charge in [0.1, 0.15) is 0 Å². The number of hydrogen-bond acceptors (Lipinski definition) is 0. The zero-order chi connectivity index (χ0) is 0. The van der Waals surface area contributed by atoms with E-state index in [1.165, 1.54) is 0 Å². The van der Waals surface area contributed by atoms with E-state index in [1.54, 1.807) is 0 Å². The Labute approximate surface area is 48.1 Å². The first-order valence-electron chi connectivity index (χ1n) is 0. The van der Waals surface area contributed by atoms with Crippen LogP contribution < -0.4 is 0 Å². The second-order valence-electron chi connectivity index (χ2n) is 0. The molecule has 0 saturated carbocycles. The molecule has 0 nitrogen and oxygen atoms in total. The molecule has 0 N–H and O–H groups in total. The van der Waals surface area contributed by atoms with Gasteiger partial charge < -0.3 is 0 Å². The highest BCUT2D eigenvalue weighted by Gasteiger charge is 0.0000355. The van der Waals surface area contributed by atoms with Gasteiger partial charge in [-0.1, -0.05) is 7.43 Å². The second kappa shape index (κ2) is 27900. The molecule has 0 aromatic heterocycles. The fourth-order valence-electron chi connectivity index (χ4n) is 0. The Hall–Kier alpha value is 0.0749. The maximum atomic E-state index is 0. The van der Waals surface area contributed by atoms with E-state index in [0.29, 0.717) is 0 Å². The lowest BCUT2D eigenvalue weighted by Crippen LogP contribution is -0.381. The molecule has 0 heterocycles. The molecular weight excluding hydrogens is 134 g/mol. The molecule has 0 saturated heterocycles. The standard InChI is InChI=1S/CH4.B.ClH.4FH/h1H4;;5*1H. The summed E-state index contributed by atoms with van der Waals surface area (Å²) in [6, 6.07) is 0. The minimum Gasteiger partial charge on any atom is -0.269 e. The average molecular weight is 143 g/mol. The highest BCUT2D eigenvalue weighted by Crippen LogP contribution is 0.690. The maximum absolute atomic E-state index is 0. The van der Waals surface area contributed by atoms with Crippen LogP contribution in [-0.2, 0) is 0 Å². The zero-order valence-electron chi connectivity index (χ0n) is 2.62. The molecule has 0 spiro atoms. The minimum absolute atomic E-state index is 0. The Balaban J connectivity index is 0. The van der Waals surface area contributed by atoms with Gasteiger partial charge in [-0.3, -0.25) is 18.8 Å². The first-order valence-corrected chi connectivity index (χ1v) is 0. The fraction of sp³-hybridized carbons (Fsp3) is 1.00. The van der Waals surface area contributed by atoms with E-state index >= 15 is 0 Å². The van der Waals surface area contributed by atoms with Gasteiger partial charge in [-0.05, 0) is 0 Å².